The minimum Gasteiger partial charge on any atom is -0.313 e. The van der Waals surface area contributed by atoms with Crippen LogP contribution >= 0.6 is 22.6 Å². The van der Waals surface area contributed by atoms with E-state index in [1.165, 1.54) is 10.9 Å². The Bertz CT molecular complexity index is 751. The van der Waals surface area contributed by atoms with Crippen molar-refractivity contribution in [3.63, 3.8) is 0 Å². The van der Waals surface area contributed by atoms with Crippen molar-refractivity contribution < 1.29 is 0 Å². The zero-order valence-corrected chi connectivity index (χ0v) is 14.0. The van der Waals surface area contributed by atoms with Gasteiger partial charge in [-0.15, -0.1) is 0 Å². The van der Waals surface area contributed by atoms with E-state index < -0.39 is 0 Å². The third-order valence-corrected chi connectivity index (χ3v) is 3.87. The SMILES string of the molecule is CCCNCc1cc(-n2cc(I)cn2)nc2ccccc12. The topological polar surface area (TPSA) is 42.7 Å². The second kappa shape index (κ2) is 6.53. The van der Waals surface area contributed by atoms with Crippen LogP contribution in [0.4, 0.5) is 0 Å². The van der Waals surface area contributed by atoms with Crippen molar-refractivity contribution in [2.45, 2.75) is 19.9 Å². The molecule has 0 saturated carbocycles. The number of nitrogens with zero attached hydrogens (tertiary/aromatic N) is 3. The van der Waals surface area contributed by atoms with E-state index in [1.54, 1.807) is 0 Å². The average Bonchev–Trinajstić information content (AvgIpc) is 2.94. The van der Waals surface area contributed by atoms with Crippen LogP contribution in [0.15, 0.2) is 42.7 Å². The molecule has 0 aliphatic heterocycles. The van der Waals surface area contributed by atoms with Crippen LogP contribution in [-0.2, 0) is 6.54 Å². The minimum absolute atomic E-state index is 0.849. The van der Waals surface area contributed by atoms with Gasteiger partial charge in [0.25, 0.3) is 0 Å². The average molecular weight is 392 g/mol. The summed E-state index contributed by atoms with van der Waals surface area (Å²) < 4.78 is 2.94. The summed E-state index contributed by atoms with van der Waals surface area (Å²) >= 11 is 2.26. The summed E-state index contributed by atoms with van der Waals surface area (Å²) in [6, 6.07) is 10.4. The van der Waals surface area contributed by atoms with Crippen molar-refractivity contribution in [3.05, 3.63) is 51.9 Å². The summed E-state index contributed by atoms with van der Waals surface area (Å²) in [7, 11) is 0. The van der Waals surface area contributed by atoms with Gasteiger partial charge in [-0.25, -0.2) is 9.67 Å². The number of hydrogen-bond acceptors (Lipinski definition) is 3. The van der Waals surface area contributed by atoms with Crippen LogP contribution in [0.5, 0.6) is 0 Å². The van der Waals surface area contributed by atoms with E-state index in [2.05, 4.69) is 64.2 Å². The third-order valence-electron chi connectivity index (χ3n) is 3.32. The molecular formula is C16H17IN4. The molecule has 1 aromatic carbocycles. The van der Waals surface area contributed by atoms with Gasteiger partial charge in [-0.1, -0.05) is 25.1 Å². The molecule has 0 atom stereocenters. The van der Waals surface area contributed by atoms with E-state index in [9.17, 15) is 0 Å². The Hall–Kier alpha value is -1.47. The van der Waals surface area contributed by atoms with Crippen molar-refractivity contribution in [1.29, 1.82) is 0 Å². The van der Waals surface area contributed by atoms with E-state index in [1.807, 2.05) is 23.1 Å². The van der Waals surface area contributed by atoms with E-state index >= 15 is 0 Å². The van der Waals surface area contributed by atoms with Crippen molar-refractivity contribution in [2.75, 3.05) is 6.54 Å². The number of fused-ring (bicyclic) bond motifs is 1. The molecule has 0 radical (unpaired) electrons. The lowest BCUT2D eigenvalue weighted by atomic mass is 10.1. The van der Waals surface area contributed by atoms with Crippen LogP contribution in [0, 0.1) is 3.57 Å². The molecule has 0 spiro atoms. The molecule has 3 rings (SSSR count). The van der Waals surface area contributed by atoms with Gasteiger partial charge in [0, 0.05) is 18.1 Å². The predicted octanol–water partition coefficient (Wildman–Crippen LogP) is 3.52. The Morgan fingerprint density at radius 3 is 2.90 bits per heavy atom. The standard InChI is InChI=1S/C16H17IN4/c1-2-7-18-9-12-8-16(21-11-13(17)10-19-21)20-15-6-4-3-5-14(12)15/h3-6,8,10-11,18H,2,7,9H2,1H3. The van der Waals surface area contributed by atoms with Crippen LogP contribution in [0.1, 0.15) is 18.9 Å². The fourth-order valence-corrected chi connectivity index (χ4v) is 2.71. The summed E-state index contributed by atoms with van der Waals surface area (Å²) in [6.45, 7) is 4.04. The van der Waals surface area contributed by atoms with Crippen LogP contribution in [0.2, 0.25) is 0 Å². The molecule has 2 aromatic heterocycles. The Kier molecular flexibility index (Phi) is 4.50. The predicted molar refractivity (Wildman–Crippen MR) is 93.6 cm³/mol. The molecular weight excluding hydrogens is 375 g/mol. The highest BCUT2D eigenvalue weighted by molar-refractivity contribution is 14.1. The largest absolute Gasteiger partial charge is 0.313 e. The number of hydrogen-bond donors (Lipinski definition) is 1. The van der Waals surface area contributed by atoms with Crippen molar-refractivity contribution >= 4 is 33.5 Å². The van der Waals surface area contributed by atoms with Crippen LogP contribution in [0.25, 0.3) is 16.7 Å². The second-order valence-electron chi connectivity index (χ2n) is 4.94. The minimum atomic E-state index is 0.849. The summed E-state index contributed by atoms with van der Waals surface area (Å²) in [5.74, 6) is 0.866. The van der Waals surface area contributed by atoms with Gasteiger partial charge in [0.2, 0.25) is 0 Å². The lowest BCUT2D eigenvalue weighted by Crippen LogP contribution is -2.14. The molecule has 0 unspecified atom stereocenters. The lowest BCUT2D eigenvalue weighted by molar-refractivity contribution is 0.677. The summed E-state index contributed by atoms with van der Waals surface area (Å²) in [5.41, 5.74) is 2.27. The maximum absolute atomic E-state index is 4.72. The third kappa shape index (κ3) is 3.24. The van der Waals surface area contributed by atoms with Gasteiger partial charge in [0.1, 0.15) is 0 Å². The van der Waals surface area contributed by atoms with Crippen LogP contribution in [-0.4, -0.2) is 21.3 Å². The van der Waals surface area contributed by atoms with E-state index in [0.29, 0.717) is 0 Å². The molecule has 3 aromatic rings. The van der Waals surface area contributed by atoms with Crippen LogP contribution < -0.4 is 5.32 Å². The first kappa shape index (κ1) is 14.5. The molecule has 1 N–H and O–H groups in total. The zero-order valence-electron chi connectivity index (χ0n) is 11.9. The molecule has 0 aliphatic rings. The molecule has 0 fully saturated rings. The molecule has 108 valence electrons. The molecule has 2 heterocycles. The maximum Gasteiger partial charge on any atom is 0.154 e. The smallest absolute Gasteiger partial charge is 0.154 e. The van der Waals surface area contributed by atoms with Gasteiger partial charge in [0.05, 0.1) is 15.3 Å². The van der Waals surface area contributed by atoms with Crippen molar-refractivity contribution in [1.82, 2.24) is 20.1 Å². The Balaban J connectivity index is 2.05. The van der Waals surface area contributed by atoms with Gasteiger partial charge < -0.3 is 5.32 Å². The van der Waals surface area contributed by atoms with E-state index in [0.717, 1.165) is 34.4 Å². The van der Waals surface area contributed by atoms with Gasteiger partial charge in [-0.3, -0.25) is 0 Å². The summed E-state index contributed by atoms with van der Waals surface area (Å²) in [4.78, 5) is 4.72. The first-order valence-electron chi connectivity index (χ1n) is 7.08. The molecule has 21 heavy (non-hydrogen) atoms. The number of para-hydroxylation sites is 1. The highest BCUT2D eigenvalue weighted by atomic mass is 127. The number of halogens is 1. The van der Waals surface area contributed by atoms with Crippen molar-refractivity contribution in [3.8, 4) is 5.82 Å². The molecule has 0 bridgehead atoms. The Morgan fingerprint density at radius 2 is 2.14 bits per heavy atom. The number of rotatable bonds is 5. The van der Waals surface area contributed by atoms with Gasteiger partial charge in [-0.05, 0) is 53.3 Å². The quantitative estimate of drug-likeness (QED) is 0.534. The number of aromatic nitrogens is 3. The zero-order chi connectivity index (χ0) is 14.7. The van der Waals surface area contributed by atoms with Gasteiger partial charge >= 0.3 is 0 Å². The van der Waals surface area contributed by atoms with E-state index in [-0.39, 0.29) is 0 Å². The highest BCUT2D eigenvalue weighted by Gasteiger charge is 2.07. The molecule has 0 amide bonds. The normalized spacial score (nSPS) is 11.1. The maximum atomic E-state index is 4.72. The fourth-order valence-electron chi connectivity index (χ4n) is 2.32. The first-order chi connectivity index (χ1) is 10.3. The van der Waals surface area contributed by atoms with Crippen molar-refractivity contribution in [2.24, 2.45) is 0 Å². The van der Waals surface area contributed by atoms with E-state index in [4.69, 9.17) is 4.98 Å². The number of benzene rings is 1. The van der Waals surface area contributed by atoms with Crippen LogP contribution in [0.3, 0.4) is 0 Å². The Morgan fingerprint density at radius 1 is 1.29 bits per heavy atom. The fraction of sp³-hybridized carbons (Fsp3) is 0.250. The number of pyridine rings is 1. The monoisotopic (exact) mass is 392 g/mol. The lowest BCUT2D eigenvalue weighted by Gasteiger charge is -2.10. The van der Waals surface area contributed by atoms with Gasteiger partial charge in [-0.2, -0.15) is 5.10 Å². The molecule has 4 nitrogen and oxygen atoms in total. The second-order valence-corrected chi connectivity index (χ2v) is 6.18. The molecule has 0 aliphatic carbocycles. The molecule has 5 heteroatoms. The summed E-state index contributed by atoms with van der Waals surface area (Å²) in [6.07, 6.45) is 4.96. The summed E-state index contributed by atoms with van der Waals surface area (Å²) in [5, 5.41) is 9.03. The highest BCUT2D eigenvalue weighted by Crippen LogP contribution is 2.20. The first-order valence-corrected chi connectivity index (χ1v) is 8.15. The number of nitrogens with one attached hydrogen (secondary N) is 1. The molecule has 0 saturated heterocycles. The van der Waals surface area contributed by atoms with Gasteiger partial charge in [0.15, 0.2) is 5.82 Å². The Labute approximate surface area is 137 Å².